The minimum absolute atomic E-state index is 0.0215. The zero-order valence-electron chi connectivity index (χ0n) is 16.6. The molecule has 2 atom stereocenters. The Hall–Kier alpha value is -1.53. The highest BCUT2D eigenvalue weighted by molar-refractivity contribution is 7.98. The molecule has 2 aliphatic heterocycles. The molecule has 0 aliphatic carbocycles. The molecule has 2 heterocycles. The third kappa shape index (κ3) is 5.05. The zero-order valence-corrected chi connectivity index (χ0v) is 17.4. The van der Waals surface area contributed by atoms with Crippen LogP contribution in [0.15, 0.2) is 29.2 Å². The largest absolute Gasteiger partial charge is 0.355 e. The Kier molecular flexibility index (Phi) is 6.82. The van der Waals surface area contributed by atoms with E-state index in [0.717, 1.165) is 25.3 Å². The Morgan fingerprint density at radius 3 is 2.67 bits per heavy atom. The zero-order chi connectivity index (χ0) is 19.4. The van der Waals surface area contributed by atoms with Gasteiger partial charge in [0, 0.05) is 42.7 Å². The smallest absolute Gasteiger partial charge is 0.227 e. The van der Waals surface area contributed by atoms with Crippen LogP contribution in [0.2, 0.25) is 0 Å². The van der Waals surface area contributed by atoms with Gasteiger partial charge in [-0.15, -0.1) is 11.8 Å². The lowest BCUT2D eigenvalue weighted by atomic mass is 9.96. The van der Waals surface area contributed by atoms with Gasteiger partial charge >= 0.3 is 0 Å². The van der Waals surface area contributed by atoms with Crippen molar-refractivity contribution in [3.05, 3.63) is 24.3 Å². The van der Waals surface area contributed by atoms with E-state index in [1.807, 2.05) is 30.5 Å². The summed E-state index contributed by atoms with van der Waals surface area (Å²) in [5.41, 5.74) is 0.882. The Morgan fingerprint density at radius 2 is 2.00 bits per heavy atom. The molecular formula is C21H31N3O2S. The second kappa shape index (κ2) is 9.11. The minimum atomic E-state index is -0.248. The van der Waals surface area contributed by atoms with Crippen LogP contribution in [0.25, 0.3) is 0 Å². The van der Waals surface area contributed by atoms with E-state index in [-0.39, 0.29) is 17.7 Å². The van der Waals surface area contributed by atoms with E-state index in [0.29, 0.717) is 24.9 Å². The summed E-state index contributed by atoms with van der Waals surface area (Å²) in [5.74, 6) is 0.323. The lowest BCUT2D eigenvalue weighted by Gasteiger charge is -2.35. The number of hydrogen-bond donors (Lipinski definition) is 1. The minimum Gasteiger partial charge on any atom is -0.355 e. The maximum atomic E-state index is 12.6. The first-order chi connectivity index (χ1) is 13.0. The molecule has 0 bridgehead atoms. The van der Waals surface area contributed by atoms with Crippen molar-refractivity contribution in [3.8, 4) is 0 Å². The molecule has 2 unspecified atom stereocenters. The molecule has 0 radical (unpaired) electrons. The van der Waals surface area contributed by atoms with Crippen molar-refractivity contribution in [1.82, 2.24) is 10.2 Å². The van der Waals surface area contributed by atoms with Gasteiger partial charge < -0.3 is 15.1 Å². The number of hydrogen-bond acceptors (Lipinski definition) is 4. The van der Waals surface area contributed by atoms with Gasteiger partial charge in [0.25, 0.3) is 0 Å². The van der Waals surface area contributed by atoms with Crippen molar-refractivity contribution >= 4 is 29.3 Å². The molecule has 27 heavy (non-hydrogen) atoms. The normalized spacial score (nSPS) is 23.9. The van der Waals surface area contributed by atoms with Crippen LogP contribution in [0.3, 0.4) is 0 Å². The second-order valence-corrected chi connectivity index (χ2v) is 8.83. The molecule has 0 spiro atoms. The molecule has 5 nitrogen and oxygen atoms in total. The highest BCUT2D eigenvalue weighted by Crippen LogP contribution is 2.27. The van der Waals surface area contributed by atoms with Gasteiger partial charge in [0.15, 0.2) is 0 Å². The maximum Gasteiger partial charge on any atom is 0.227 e. The van der Waals surface area contributed by atoms with Crippen LogP contribution < -0.4 is 10.2 Å². The molecule has 148 valence electrons. The first kappa shape index (κ1) is 20.2. The topological polar surface area (TPSA) is 52.7 Å². The predicted molar refractivity (Wildman–Crippen MR) is 111 cm³/mol. The highest BCUT2D eigenvalue weighted by atomic mass is 32.2. The van der Waals surface area contributed by atoms with Crippen molar-refractivity contribution in [2.24, 2.45) is 11.8 Å². The molecular weight excluding hydrogens is 358 g/mol. The first-order valence-electron chi connectivity index (χ1n) is 9.94. The average Bonchev–Trinajstić information content (AvgIpc) is 3.08. The Morgan fingerprint density at radius 1 is 1.26 bits per heavy atom. The number of benzene rings is 1. The number of nitrogens with one attached hydrogen (secondary N) is 1. The number of thioether (sulfide) groups is 1. The van der Waals surface area contributed by atoms with E-state index >= 15 is 0 Å². The molecule has 3 rings (SSSR count). The van der Waals surface area contributed by atoms with E-state index in [9.17, 15) is 9.59 Å². The summed E-state index contributed by atoms with van der Waals surface area (Å²) in [4.78, 5) is 30.4. The van der Waals surface area contributed by atoms with Gasteiger partial charge in [0.2, 0.25) is 11.8 Å². The SMILES string of the molecule is CSc1ccc(N2CC(C(=O)NCC3CCCN(C(C)C)C3)CC2=O)cc1. The Balaban J connectivity index is 1.51. The Labute approximate surface area is 166 Å². The van der Waals surface area contributed by atoms with Gasteiger partial charge in [0.05, 0.1) is 5.92 Å². The fraction of sp³-hybridized carbons (Fsp3) is 0.619. The second-order valence-electron chi connectivity index (χ2n) is 7.95. The van der Waals surface area contributed by atoms with E-state index in [4.69, 9.17) is 0 Å². The van der Waals surface area contributed by atoms with E-state index < -0.39 is 0 Å². The summed E-state index contributed by atoms with van der Waals surface area (Å²) in [6, 6.07) is 8.52. The van der Waals surface area contributed by atoms with E-state index in [1.165, 1.54) is 17.7 Å². The fourth-order valence-corrected chi connectivity index (χ4v) is 4.43. The summed E-state index contributed by atoms with van der Waals surface area (Å²) in [6.45, 7) is 7.86. The van der Waals surface area contributed by atoms with Gasteiger partial charge in [-0.05, 0) is 69.7 Å². The molecule has 2 amide bonds. The Bertz CT molecular complexity index is 662. The van der Waals surface area contributed by atoms with Crippen molar-refractivity contribution in [2.75, 3.05) is 37.3 Å². The van der Waals surface area contributed by atoms with Crippen LogP contribution >= 0.6 is 11.8 Å². The third-order valence-corrected chi connectivity index (χ3v) is 6.47. The number of rotatable bonds is 6. The number of nitrogens with zero attached hydrogens (tertiary/aromatic N) is 2. The monoisotopic (exact) mass is 389 g/mol. The summed E-state index contributed by atoms with van der Waals surface area (Å²) in [6.07, 6.45) is 4.70. The van der Waals surface area contributed by atoms with Gasteiger partial charge in [-0.2, -0.15) is 0 Å². The van der Waals surface area contributed by atoms with Crippen molar-refractivity contribution in [1.29, 1.82) is 0 Å². The number of anilines is 1. The lowest BCUT2D eigenvalue weighted by molar-refractivity contribution is -0.126. The third-order valence-electron chi connectivity index (χ3n) is 5.73. The van der Waals surface area contributed by atoms with Crippen molar-refractivity contribution in [3.63, 3.8) is 0 Å². The number of amides is 2. The van der Waals surface area contributed by atoms with Crippen LogP contribution in [-0.4, -0.2) is 55.2 Å². The predicted octanol–water partition coefficient (Wildman–Crippen LogP) is 3.00. The molecule has 0 aromatic heterocycles. The quantitative estimate of drug-likeness (QED) is 0.760. The average molecular weight is 390 g/mol. The molecule has 6 heteroatoms. The van der Waals surface area contributed by atoms with Crippen LogP contribution in [-0.2, 0) is 9.59 Å². The van der Waals surface area contributed by atoms with Gasteiger partial charge in [0.1, 0.15) is 0 Å². The van der Waals surface area contributed by atoms with Crippen molar-refractivity contribution < 1.29 is 9.59 Å². The van der Waals surface area contributed by atoms with Crippen molar-refractivity contribution in [2.45, 2.75) is 44.0 Å². The van der Waals surface area contributed by atoms with E-state index in [2.05, 4.69) is 24.1 Å². The lowest BCUT2D eigenvalue weighted by Crippen LogP contribution is -2.44. The maximum absolute atomic E-state index is 12.6. The molecule has 0 saturated carbocycles. The van der Waals surface area contributed by atoms with E-state index in [1.54, 1.807) is 16.7 Å². The number of carbonyl (C=O) groups is 2. The standard InChI is InChI=1S/C21H31N3O2S/c1-15(2)23-10-4-5-16(13-23)12-22-21(26)17-11-20(25)24(14-17)18-6-8-19(27-3)9-7-18/h6-9,15-17H,4-5,10-14H2,1-3H3,(H,22,26). The fourth-order valence-electron chi connectivity index (χ4n) is 4.02. The van der Waals surface area contributed by atoms with Gasteiger partial charge in [-0.1, -0.05) is 0 Å². The van der Waals surface area contributed by atoms with Gasteiger partial charge in [-0.25, -0.2) is 0 Å². The van der Waals surface area contributed by atoms with Crippen LogP contribution in [0.1, 0.15) is 33.1 Å². The summed E-state index contributed by atoms with van der Waals surface area (Å²) < 4.78 is 0. The van der Waals surface area contributed by atoms with Crippen LogP contribution in [0.4, 0.5) is 5.69 Å². The number of piperidine rings is 1. The summed E-state index contributed by atoms with van der Waals surface area (Å²) in [7, 11) is 0. The highest BCUT2D eigenvalue weighted by Gasteiger charge is 2.35. The number of carbonyl (C=O) groups excluding carboxylic acids is 2. The molecule has 1 N–H and O–H groups in total. The molecule has 1 aromatic rings. The first-order valence-corrected chi connectivity index (χ1v) is 11.2. The summed E-state index contributed by atoms with van der Waals surface area (Å²) >= 11 is 1.68. The van der Waals surface area contributed by atoms with Crippen LogP contribution in [0.5, 0.6) is 0 Å². The van der Waals surface area contributed by atoms with Gasteiger partial charge in [-0.3, -0.25) is 9.59 Å². The number of likely N-dealkylation sites (tertiary alicyclic amines) is 1. The molecule has 2 fully saturated rings. The molecule has 2 saturated heterocycles. The summed E-state index contributed by atoms with van der Waals surface area (Å²) in [5, 5.41) is 3.12. The van der Waals surface area contributed by atoms with Crippen LogP contribution in [0, 0.1) is 11.8 Å². The molecule has 2 aliphatic rings. The molecule has 1 aromatic carbocycles.